The molecule has 0 bridgehead atoms. The summed E-state index contributed by atoms with van der Waals surface area (Å²) in [5, 5.41) is 53.6. The molecule has 0 saturated heterocycles. The van der Waals surface area contributed by atoms with Crippen molar-refractivity contribution in [3.05, 3.63) is 0 Å². The Hall–Kier alpha value is -0.770. The first kappa shape index (κ1) is 29.4. The average molecular weight is 410 g/mol. The quantitative estimate of drug-likeness (QED) is 0.141. The van der Waals surface area contributed by atoms with E-state index in [4.69, 9.17) is 26.2 Å². The van der Waals surface area contributed by atoms with Crippen molar-refractivity contribution >= 4 is 5.97 Å². The largest absolute Gasteiger partial charge is 0.477 e. The maximum absolute atomic E-state index is 10.6. The zero-order valence-corrected chi connectivity index (χ0v) is 17.5. The van der Waals surface area contributed by atoms with Crippen LogP contribution in [0.5, 0.6) is 0 Å². The summed E-state index contributed by atoms with van der Waals surface area (Å²) >= 11 is 0. The molecule has 0 aliphatic rings. The van der Waals surface area contributed by atoms with Crippen molar-refractivity contribution in [3.8, 4) is 0 Å². The third-order valence-corrected chi connectivity index (χ3v) is 4.61. The Morgan fingerprint density at radius 1 is 0.750 bits per heavy atom. The van der Waals surface area contributed by atoms with E-state index in [1.54, 1.807) is 0 Å². The lowest BCUT2D eigenvalue weighted by atomic mass is 9.98. The minimum absolute atomic E-state index is 0.0972. The smallest absolute Gasteiger partial charge is 0.370 e. The van der Waals surface area contributed by atoms with Crippen molar-refractivity contribution in [2.75, 3.05) is 13.2 Å². The molecule has 28 heavy (non-hydrogen) atoms. The number of carboxylic acid groups (broad SMARTS) is 1. The second-order valence-electron chi connectivity index (χ2n) is 7.30. The number of rotatable bonds is 17. The van der Waals surface area contributed by atoms with Gasteiger partial charge in [0.1, 0.15) is 0 Å². The molecule has 0 rings (SSSR count). The Kier molecular flexibility index (Phi) is 19.2. The molecular formula is C20H43NO7. The molecule has 0 heterocycles. The Bertz CT molecular complexity index is 360. The molecule has 8 N–H and O–H groups in total. The predicted molar refractivity (Wildman–Crippen MR) is 108 cm³/mol. The van der Waals surface area contributed by atoms with Crippen LogP contribution >= 0.6 is 0 Å². The lowest BCUT2D eigenvalue weighted by Gasteiger charge is -2.31. The first-order valence-electron chi connectivity index (χ1n) is 10.6. The fourth-order valence-corrected chi connectivity index (χ4v) is 2.73. The monoisotopic (exact) mass is 409 g/mol. The molecule has 0 aromatic heterocycles. The highest BCUT2D eigenvalue weighted by Crippen LogP contribution is 2.24. The molecule has 8 heteroatoms. The molecule has 0 aromatic carbocycles. The minimum Gasteiger partial charge on any atom is -0.477 e. The van der Waals surface area contributed by atoms with Gasteiger partial charge in [-0.2, -0.15) is 0 Å². The highest BCUT2D eigenvalue weighted by Gasteiger charge is 2.53. The van der Waals surface area contributed by atoms with Gasteiger partial charge < -0.3 is 36.4 Å². The summed E-state index contributed by atoms with van der Waals surface area (Å²) in [6.45, 7) is 2.69. The van der Waals surface area contributed by atoms with Crippen LogP contribution < -0.4 is 5.73 Å². The van der Waals surface area contributed by atoms with Gasteiger partial charge in [-0.15, -0.1) is 0 Å². The number of hydrogen-bond acceptors (Lipinski definition) is 7. The second-order valence-corrected chi connectivity index (χ2v) is 7.30. The van der Waals surface area contributed by atoms with E-state index in [1.165, 1.54) is 51.4 Å². The van der Waals surface area contributed by atoms with Gasteiger partial charge in [0.25, 0.3) is 0 Å². The SMILES string of the molecule is CCCCCCCCCCCCCCCC(O)(O)C(O)(O)C(=O)O.NCCO. The first-order chi connectivity index (χ1) is 13.2. The van der Waals surface area contributed by atoms with Gasteiger partial charge in [0.15, 0.2) is 0 Å². The van der Waals surface area contributed by atoms with Crippen LogP contribution in [-0.4, -0.2) is 61.3 Å². The highest BCUT2D eigenvalue weighted by molar-refractivity contribution is 5.76. The summed E-state index contributed by atoms with van der Waals surface area (Å²) in [6.07, 6.45) is 14.2. The van der Waals surface area contributed by atoms with E-state index in [1.807, 2.05) is 0 Å². The fourth-order valence-electron chi connectivity index (χ4n) is 2.73. The summed E-state index contributed by atoms with van der Waals surface area (Å²) < 4.78 is 0. The van der Waals surface area contributed by atoms with E-state index in [0.717, 1.165) is 19.3 Å². The highest BCUT2D eigenvalue weighted by atomic mass is 16.6. The van der Waals surface area contributed by atoms with E-state index in [0.29, 0.717) is 19.4 Å². The van der Waals surface area contributed by atoms with E-state index in [-0.39, 0.29) is 13.0 Å². The number of nitrogens with two attached hydrogens (primary N) is 1. The molecule has 0 amide bonds. The lowest BCUT2D eigenvalue weighted by molar-refractivity contribution is -0.346. The zero-order valence-electron chi connectivity index (χ0n) is 17.5. The molecule has 0 spiro atoms. The van der Waals surface area contributed by atoms with Crippen LogP contribution in [0.4, 0.5) is 0 Å². The molecule has 0 saturated carbocycles. The fraction of sp³-hybridized carbons (Fsp3) is 0.950. The topological polar surface area (TPSA) is 164 Å². The number of aliphatic hydroxyl groups excluding tert-OH is 1. The Balaban J connectivity index is 0. The van der Waals surface area contributed by atoms with Crippen molar-refractivity contribution in [2.24, 2.45) is 5.73 Å². The summed E-state index contributed by atoms with van der Waals surface area (Å²) in [5.74, 6) is -8.64. The number of carbonyl (C=O) groups is 1. The maximum Gasteiger partial charge on any atom is 0.370 e. The maximum atomic E-state index is 10.6. The molecule has 0 aliphatic heterocycles. The van der Waals surface area contributed by atoms with Crippen LogP contribution in [0.25, 0.3) is 0 Å². The van der Waals surface area contributed by atoms with Crippen LogP contribution in [-0.2, 0) is 4.79 Å². The normalized spacial score (nSPS) is 11.8. The Morgan fingerprint density at radius 3 is 1.36 bits per heavy atom. The van der Waals surface area contributed by atoms with Crippen molar-refractivity contribution in [3.63, 3.8) is 0 Å². The van der Waals surface area contributed by atoms with Crippen LogP contribution in [0.2, 0.25) is 0 Å². The van der Waals surface area contributed by atoms with E-state index in [2.05, 4.69) is 6.92 Å². The molecule has 0 unspecified atom stereocenters. The van der Waals surface area contributed by atoms with Crippen LogP contribution in [0.1, 0.15) is 96.8 Å². The van der Waals surface area contributed by atoms with Crippen molar-refractivity contribution < 1.29 is 35.4 Å². The van der Waals surface area contributed by atoms with E-state index < -0.39 is 17.5 Å². The van der Waals surface area contributed by atoms with Gasteiger partial charge in [-0.25, -0.2) is 4.79 Å². The minimum atomic E-state index is -3.54. The Labute approximate surface area is 169 Å². The lowest BCUT2D eigenvalue weighted by Crippen LogP contribution is -2.59. The Morgan fingerprint density at radius 2 is 1.07 bits per heavy atom. The summed E-state index contributed by atoms with van der Waals surface area (Å²) in [7, 11) is 0. The number of unbranched alkanes of at least 4 members (excludes halogenated alkanes) is 12. The zero-order chi connectivity index (χ0) is 21.9. The molecule has 8 nitrogen and oxygen atoms in total. The van der Waals surface area contributed by atoms with Crippen LogP contribution in [0.15, 0.2) is 0 Å². The third-order valence-electron chi connectivity index (χ3n) is 4.61. The van der Waals surface area contributed by atoms with Gasteiger partial charge in [0.05, 0.1) is 6.61 Å². The summed E-state index contributed by atoms with van der Waals surface area (Å²) in [4.78, 5) is 10.6. The molecule has 0 fully saturated rings. The second kappa shape index (κ2) is 18.3. The number of aliphatic carboxylic acids is 1. The van der Waals surface area contributed by atoms with Gasteiger partial charge in [-0.05, 0) is 6.42 Å². The predicted octanol–water partition coefficient (Wildman–Crippen LogP) is 1.85. The summed E-state index contributed by atoms with van der Waals surface area (Å²) in [5.41, 5.74) is 4.78. The van der Waals surface area contributed by atoms with Crippen LogP contribution in [0.3, 0.4) is 0 Å². The van der Waals surface area contributed by atoms with E-state index in [9.17, 15) is 15.0 Å². The van der Waals surface area contributed by atoms with Crippen molar-refractivity contribution in [1.29, 1.82) is 0 Å². The standard InChI is InChI=1S/C18H36O6.C2H7NO/c1-2-3-4-5-6-7-8-9-10-11-12-13-14-15-17(21,22)18(23,24)16(19)20;3-1-2-4/h21-24H,2-15H2,1H3,(H,19,20);4H,1-3H2. The van der Waals surface area contributed by atoms with Gasteiger partial charge in [-0.3, -0.25) is 0 Å². The van der Waals surface area contributed by atoms with Crippen LogP contribution in [0, 0.1) is 0 Å². The molecule has 0 radical (unpaired) electrons. The number of carboxylic acids is 1. The molecule has 170 valence electrons. The molecule has 0 aliphatic carbocycles. The van der Waals surface area contributed by atoms with Gasteiger partial charge in [-0.1, -0.05) is 84.0 Å². The van der Waals surface area contributed by atoms with Crippen molar-refractivity contribution in [2.45, 2.75) is 108 Å². The number of hydrogen-bond donors (Lipinski definition) is 7. The van der Waals surface area contributed by atoms with Gasteiger partial charge >= 0.3 is 11.8 Å². The number of aliphatic hydroxyl groups is 5. The van der Waals surface area contributed by atoms with Crippen molar-refractivity contribution in [1.82, 2.24) is 0 Å². The van der Waals surface area contributed by atoms with E-state index >= 15 is 0 Å². The van der Waals surface area contributed by atoms with Gasteiger partial charge in [0.2, 0.25) is 5.79 Å². The first-order valence-corrected chi connectivity index (χ1v) is 10.6. The molecule has 0 aromatic rings. The average Bonchev–Trinajstić information content (AvgIpc) is 2.65. The van der Waals surface area contributed by atoms with Gasteiger partial charge in [0, 0.05) is 13.0 Å². The molecular weight excluding hydrogens is 366 g/mol. The molecule has 0 atom stereocenters. The summed E-state index contributed by atoms with van der Waals surface area (Å²) in [6, 6.07) is 0. The third kappa shape index (κ3) is 15.2.